The monoisotopic (exact) mass is 616 g/mol. The van der Waals surface area contributed by atoms with Crippen molar-refractivity contribution in [3.63, 3.8) is 0 Å². The fourth-order valence-corrected chi connectivity index (χ4v) is 6.22. The number of amides is 4. The maximum atomic E-state index is 15.1. The molecule has 12 heteroatoms. The Bertz CT molecular complexity index is 1250. The Hall–Kier alpha value is -3.25. The standard InChI is InChI=1S/C18H20FN3O4.C14H25NO3/c19-16-12-9-22(14-3-4-15(24)20-17(14)25)18(26)11(12)1-2-13(16)21-7-5-10(23)6-8-21;1-14(2,3)18-13(16)15-9-7-12(8-10-15)17-11-5-4-6-11/h1-2,10,14,23H,3-9H2,(H,20,24,25);11-12H,4-10H2,1-3H3. The number of hydrogen-bond donors (Lipinski definition) is 2. The molecule has 0 aromatic heterocycles. The Morgan fingerprint density at radius 3 is 2.20 bits per heavy atom. The van der Waals surface area contributed by atoms with Gasteiger partial charge in [-0.25, -0.2) is 9.18 Å². The van der Waals surface area contributed by atoms with Crippen LogP contribution in [0.15, 0.2) is 12.1 Å². The van der Waals surface area contributed by atoms with Crippen LogP contribution in [0.25, 0.3) is 0 Å². The third-order valence-corrected chi connectivity index (χ3v) is 8.96. The minimum atomic E-state index is -0.749. The number of piperidine rings is 3. The lowest BCUT2D eigenvalue weighted by molar-refractivity contribution is -0.136. The molecule has 1 aliphatic carbocycles. The molecule has 1 atom stereocenters. The molecule has 4 amide bonds. The molecule has 0 bridgehead atoms. The van der Waals surface area contributed by atoms with E-state index < -0.39 is 23.4 Å². The summed E-state index contributed by atoms with van der Waals surface area (Å²) in [6, 6.07) is 2.45. The Morgan fingerprint density at radius 1 is 0.955 bits per heavy atom. The van der Waals surface area contributed by atoms with E-state index in [1.807, 2.05) is 25.7 Å². The van der Waals surface area contributed by atoms with Crippen molar-refractivity contribution in [2.75, 3.05) is 31.1 Å². The van der Waals surface area contributed by atoms with E-state index in [9.17, 15) is 24.3 Å². The second-order valence-electron chi connectivity index (χ2n) is 13.4. The zero-order valence-corrected chi connectivity index (χ0v) is 26.0. The molecule has 1 aromatic rings. The maximum absolute atomic E-state index is 15.1. The average Bonchev–Trinajstić information content (AvgIpc) is 3.28. The molecule has 44 heavy (non-hydrogen) atoms. The Kier molecular flexibility index (Phi) is 9.79. The lowest BCUT2D eigenvalue weighted by Gasteiger charge is -2.36. The van der Waals surface area contributed by atoms with Gasteiger partial charge in [-0.1, -0.05) is 0 Å². The number of nitrogens with zero attached hydrogens (tertiary/aromatic N) is 3. The number of hydrogen-bond acceptors (Lipinski definition) is 8. The first-order valence-electron chi connectivity index (χ1n) is 15.9. The van der Waals surface area contributed by atoms with E-state index in [-0.39, 0.29) is 49.0 Å². The molecule has 6 rings (SSSR count). The summed E-state index contributed by atoms with van der Waals surface area (Å²) in [5, 5.41) is 11.9. The number of aliphatic hydroxyl groups is 1. The van der Waals surface area contributed by atoms with Crippen LogP contribution in [0.3, 0.4) is 0 Å². The van der Waals surface area contributed by atoms with Crippen molar-refractivity contribution < 1.29 is 38.1 Å². The summed E-state index contributed by atoms with van der Waals surface area (Å²) in [5.74, 6) is -1.68. The second kappa shape index (κ2) is 13.4. The number of aliphatic hydroxyl groups excluding tert-OH is 1. The van der Waals surface area contributed by atoms with Crippen LogP contribution >= 0.6 is 0 Å². The van der Waals surface area contributed by atoms with Gasteiger partial charge in [-0.2, -0.15) is 0 Å². The highest BCUT2D eigenvalue weighted by atomic mass is 19.1. The Balaban J connectivity index is 0.000000187. The molecule has 11 nitrogen and oxygen atoms in total. The van der Waals surface area contributed by atoms with Crippen molar-refractivity contribution in [2.24, 2.45) is 0 Å². The lowest BCUT2D eigenvalue weighted by atomic mass is 9.95. The number of carbonyl (C=O) groups excluding carboxylic acids is 4. The second-order valence-corrected chi connectivity index (χ2v) is 13.4. The predicted molar refractivity (Wildman–Crippen MR) is 159 cm³/mol. The van der Waals surface area contributed by atoms with Gasteiger partial charge >= 0.3 is 6.09 Å². The van der Waals surface area contributed by atoms with Gasteiger partial charge in [0.2, 0.25) is 11.8 Å². The van der Waals surface area contributed by atoms with Gasteiger partial charge < -0.3 is 29.3 Å². The third kappa shape index (κ3) is 7.51. The first-order valence-corrected chi connectivity index (χ1v) is 15.9. The highest BCUT2D eigenvalue weighted by Gasteiger charge is 2.41. The SMILES string of the molecule is CC(C)(C)OC(=O)N1CCC(OC2CCC2)CC1.O=C1CCC(N2Cc3c(ccc(N4CCC(O)CC4)c3F)C2=O)C(=O)N1. The summed E-state index contributed by atoms with van der Waals surface area (Å²) in [6.45, 7) is 8.35. The number of fused-ring (bicyclic) bond motifs is 1. The van der Waals surface area contributed by atoms with Gasteiger partial charge in [0.15, 0.2) is 5.82 Å². The molecule has 2 N–H and O–H groups in total. The summed E-state index contributed by atoms with van der Waals surface area (Å²) < 4.78 is 26.4. The first kappa shape index (κ1) is 32.2. The van der Waals surface area contributed by atoms with E-state index in [2.05, 4.69) is 5.32 Å². The number of anilines is 1. The number of benzene rings is 1. The van der Waals surface area contributed by atoms with Gasteiger partial charge in [-0.15, -0.1) is 0 Å². The van der Waals surface area contributed by atoms with Gasteiger partial charge in [-0.3, -0.25) is 19.7 Å². The van der Waals surface area contributed by atoms with Gasteiger partial charge in [0.25, 0.3) is 5.91 Å². The van der Waals surface area contributed by atoms with E-state index in [4.69, 9.17) is 9.47 Å². The molecular formula is C32H45FN4O7. The first-order chi connectivity index (χ1) is 20.9. The Morgan fingerprint density at radius 2 is 1.61 bits per heavy atom. The number of carbonyl (C=O) groups is 4. The summed E-state index contributed by atoms with van der Waals surface area (Å²) >= 11 is 0. The molecule has 242 valence electrons. The maximum Gasteiger partial charge on any atom is 0.410 e. The van der Waals surface area contributed by atoms with Gasteiger partial charge in [0.1, 0.15) is 11.6 Å². The van der Waals surface area contributed by atoms with Crippen molar-refractivity contribution in [2.45, 2.75) is 115 Å². The quantitative estimate of drug-likeness (QED) is 0.492. The van der Waals surface area contributed by atoms with Crippen LogP contribution in [0.2, 0.25) is 0 Å². The molecule has 3 saturated heterocycles. The lowest BCUT2D eigenvalue weighted by Crippen LogP contribution is -2.52. The van der Waals surface area contributed by atoms with Crippen molar-refractivity contribution in [1.29, 1.82) is 0 Å². The number of ether oxygens (including phenoxy) is 2. The minimum Gasteiger partial charge on any atom is -0.444 e. The zero-order chi connectivity index (χ0) is 31.6. The van der Waals surface area contributed by atoms with Crippen molar-refractivity contribution in [3.8, 4) is 0 Å². The summed E-state index contributed by atoms with van der Waals surface area (Å²) in [6.07, 6.45) is 7.49. The summed E-state index contributed by atoms with van der Waals surface area (Å²) in [4.78, 5) is 52.9. The van der Waals surface area contributed by atoms with Crippen molar-refractivity contribution >= 4 is 29.5 Å². The average molecular weight is 617 g/mol. The molecule has 4 aliphatic heterocycles. The zero-order valence-electron chi connectivity index (χ0n) is 26.0. The smallest absolute Gasteiger partial charge is 0.410 e. The Labute approximate surface area is 258 Å². The van der Waals surface area contributed by atoms with Crippen molar-refractivity contribution in [1.82, 2.24) is 15.1 Å². The minimum absolute atomic E-state index is 0.0244. The van der Waals surface area contributed by atoms with E-state index in [1.165, 1.54) is 24.2 Å². The molecular weight excluding hydrogens is 571 g/mol. The van der Waals surface area contributed by atoms with Crippen LogP contribution < -0.4 is 10.2 Å². The molecule has 4 heterocycles. The fourth-order valence-electron chi connectivity index (χ4n) is 6.22. The van der Waals surface area contributed by atoms with Crippen LogP contribution in [0, 0.1) is 5.82 Å². The van der Waals surface area contributed by atoms with Crippen LogP contribution in [0.5, 0.6) is 0 Å². The van der Waals surface area contributed by atoms with Gasteiger partial charge in [0.05, 0.1) is 30.5 Å². The van der Waals surface area contributed by atoms with Crippen LogP contribution in [0.1, 0.15) is 94.5 Å². The number of likely N-dealkylation sites (tertiary alicyclic amines) is 1. The molecule has 0 spiro atoms. The molecule has 4 fully saturated rings. The van der Waals surface area contributed by atoms with Gasteiger partial charge in [-0.05, 0) is 84.3 Å². The molecule has 1 unspecified atom stereocenters. The fraction of sp³-hybridized carbons (Fsp3) is 0.688. The highest BCUT2D eigenvalue weighted by molar-refractivity contribution is 6.05. The van der Waals surface area contributed by atoms with Crippen LogP contribution in [-0.2, 0) is 25.6 Å². The molecule has 1 saturated carbocycles. The predicted octanol–water partition coefficient (Wildman–Crippen LogP) is 3.50. The molecule has 1 aromatic carbocycles. The number of nitrogens with one attached hydrogen (secondary N) is 1. The summed E-state index contributed by atoms with van der Waals surface area (Å²) in [7, 11) is 0. The third-order valence-electron chi connectivity index (χ3n) is 8.96. The van der Waals surface area contributed by atoms with Crippen molar-refractivity contribution in [3.05, 3.63) is 29.1 Å². The highest BCUT2D eigenvalue weighted by Crippen LogP contribution is 2.34. The van der Waals surface area contributed by atoms with Gasteiger partial charge in [0, 0.05) is 43.7 Å². The largest absolute Gasteiger partial charge is 0.444 e. The number of imide groups is 1. The molecule has 0 radical (unpaired) electrons. The number of halogens is 1. The van der Waals surface area contributed by atoms with Crippen LogP contribution in [-0.4, -0.2) is 94.9 Å². The van der Waals surface area contributed by atoms with E-state index in [0.29, 0.717) is 49.4 Å². The topological polar surface area (TPSA) is 129 Å². The van der Waals surface area contributed by atoms with E-state index in [1.54, 1.807) is 17.0 Å². The van der Waals surface area contributed by atoms with E-state index >= 15 is 4.39 Å². The normalized spacial score (nSPS) is 23.5. The summed E-state index contributed by atoms with van der Waals surface area (Å²) in [5.41, 5.74) is 0.584. The number of rotatable bonds is 4. The van der Waals surface area contributed by atoms with E-state index in [0.717, 1.165) is 25.9 Å². The van der Waals surface area contributed by atoms with Crippen LogP contribution in [0.4, 0.5) is 14.9 Å². The molecule has 5 aliphatic rings.